The Bertz CT molecular complexity index is 186. The van der Waals surface area contributed by atoms with Gasteiger partial charge in [0.05, 0.1) is 27.2 Å². The fourth-order valence-corrected chi connectivity index (χ4v) is 3.41. The van der Waals surface area contributed by atoms with E-state index in [0.29, 0.717) is 0 Å². The normalized spacial score (nSPS) is 44.1. The number of likely N-dealkylation sites (tertiary alicyclic amines) is 1. The summed E-state index contributed by atoms with van der Waals surface area (Å²) >= 11 is 0. The van der Waals surface area contributed by atoms with Gasteiger partial charge in [0.2, 0.25) is 0 Å². The maximum atomic E-state index is 2.44. The van der Waals surface area contributed by atoms with Gasteiger partial charge < -0.3 is 4.48 Å². The van der Waals surface area contributed by atoms with Crippen molar-refractivity contribution >= 4 is 0 Å². The minimum absolute atomic E-state index is 0.999. The van der Waals surface area contributed by atoms with E-state index in [-0.39, 0.29) is 0 Å². The Balaban J connectivity index is 2.00. The first kappa shape index (κ1) is 9.51. The van der Waals surface area contributed by atoms with Gasteiger partial charge in [-0.25, -0.2) is 0 Å². The lowest BCUT2D eigenvalue weighted by Crippen LogP contribution is -2.51. The van der Waals surface area contributed by atoms with Crippen LogP contribution in [-0.4, -0.2) is 31.7 Å². The minimum Gasteiger partial charge on any atom is -0.328 e. The van der Waals surface area contributed by atoms with E-state index in [0.717, 1.165) is 17.8 Å². The average Bonchev–Trinajstić information content (AvgIpc) is 2.01. The van der Waals surface area contributed by atoms with Crippen molar-refractivity contribution in [3.63, 3.8) is 0 Å². The van der Waals surface area contributed by atoms with Crippen LogP contribution in [0.2, 0.25) is 0 Å². The van der Waals surface area contributed by atoms with Crippen LogP contribution in [0.4, 0.5) is 0 Å². The van der Waals surface area contributed by atoms with E-state index in [1.54, 1.807) is 0 Å². The number of nitrogens with zero attached hydrogens (tertiary/aromatic N) is 1. The molecule has 1 saturated carbocycles. The standard InChI is InChI=1S/C12H24N/c1-10-4-5-11-6-7-13(2,3)9-12(11)8-10/h10-12H,4-9H2,1-3H3/q+1/t10-,11-,12+/m0/s1. The maximum Gasteiger partial charge on any atom is 0.0813 e. The third-order valence-corrected chi connectivity index (χ3v) is 4.24. The minimum atomic E-state index is 0.999. The summed E-state index contributed by atoms with van der Waals surface area (Å²) in [6, 6.07) is 0. The highest BCUT2D eigenvalue weighted by Crippen LogP contribution is 2.39. The SMILES string of the molecule is C[C@H]1CC[C@H]2CC[N+](C)(C)C[C@H]2C1. The smallest absolute Gasteiger partial charge is 0.0813 e. The number of hydrogen-bond acceptors (Lipinski definition) is 0. The van der Waals surface area contributed by atoms with Crippen LogP contribution in [0.25, 0.3) is 0 Å². The van der Waals surface area contributed by atoms with E-state index in [9.17, 15) is 0 Å². The van der Waals surface area contributed by atoms with Gasteiger partial charge in [-0.05, 0) is 31.1 Å². The summed E-state index contributed by atoms with van der Waals surface area (Å²) in [7, 11) is 4.80. The molecule has 0 amide bonds. The van der Waals surface area contributed by atoms with E-state index in [4.69, 9.17) is 0 Å². The highest BCUT2D eigenvalue weighted by Gasteiger charge is 2.37. The van der Waals surface area contributed by atoms with Gasteiger partial charge in [0.15, 0.2) is 0 Å². The second-order valence-electron chi connectivity index (χ2n) is 6.07. The molecule has 1 heteroatoms. The Morgan fingerprint density at radius 3 is 2.54 bits per heavy atom. The van der Waals surface area contributed by atoms with Gasteiger partial charge >= 0.3 is 0 Å². The molecule has 0 aromatic carbocycles. The molecule has 0 aromatic rings. The van der Waals surface area contributed by atoms with Gasteiger partial charge in [0.1, 0.15) is 0 Å². The van der Waals surface area contributed by atoms with Crippen molar-refractivity contribution in [2.75, 3.05) is 27.2 Å². The molecule has 2 fully saturated rings. The number of hydrogen-bond donors (Lipinski definition) is 0. The van der Waals surface area contributed by atoms with Crippen LogP contribution < -0.4 is 0 Å². The third-order valence-electron chi connectivity index (χ3n) is 4.24. The third kappa shape index (κ3) is 2.07. The largest absolute Gasteiger partial charge is 0.328 e. The van der Waals surface area contributed by atoms with Crippen molar-refractivity contribution in [3.8, 4) is 0 Å². The predicted octanol–water partition coefficient (Wildman–Crippen LogP) is 2.52. The highest BCUT2D eigenvalue weighted by atomic mass is 15.3. The zero-order chi connectivity index (χ0) is 9.47. The fraction of sp³-hybridized carbons (Fsp3) is 1.00. The van der Waals surface area contributed by atoms with Crippen LogP contribution in [0.15, 0.2) is 0 Å². The van der Waals surface area contributed by atoms with E-state index in [2.05, 4.69) is 21.0 Å². The molecular formula is C12H24N+. The van der Waals surface area contributed by atoms with Crippen molar-refractivity contribution in [1.82, 2.24) is 0 Å². The monoisotopic (exact) mass is 182 g/mol. The summed E-state index contributed by atoms with van der Waals surface area (Å²) in [5.74, 6) is 3.13. The van der Waals surface area contributed by atoms with Crippen LogP contribution in [0.5, 0.6) is 0 Å². The molecule has 76 valence electrons. The molecule has 0 N–H and O–H groups in total. The van der Waals surface area contributed by atoms with Crippen LogP contribution in [0, 0.1) is 17.8 Å². The van der Waals surface area contributed by atoms with Gasteiger partial charge in [0, 0.05) is 5.92 Å². The van der Waals surface area contributed by atoms with Crippen LogP contribution in [-0.2, 0) is 0 Å². The zero-order valence-electron chi connectivity index (χ0n) is 9.42. The topological polar surface area (TPSA) is 0 Å². The summed E-state index contributed by atoms with van der Waals surface area (Å²) in [6.45, 7) is 5.29. The van der Waals surface area contributed by atoms with Crippen molar-refractivity contribution < 1.29 is 4.48 Å². The lowest BCUT2D eigenvalue weighted by molar-refractivity contribution is -0.900. The van der Waals surface area contributed by atoms with Crippen LogP contribution >= 0.6 is 0 Å². The lowest BCUT2D eigenvalue weighted by atomic mass is 9.71. The molecule has 0 aromatic heterocycles. The molecule has 3 atom stereocenters. The summed E-state index contributed by atoms with van der Waals surface area (Å²) in [5.41, 5.74) is 0. The molecule has 1 heterocycles. The molecule has 0 radical (unpaired) electrons. The predicted molar refractivity (Wildman–Crippen MR) is 56.5 cm³/mol. The van der Waals surface area contributed by atoms with Gasteiger partial charge in [0.25, 0.3) is 0 Å². The number of piperidine rings is 1. The van der Waals surface area contributed by atoms with Crippen molar-refractivity contribution in [1.29, 1.82) is 0 Å². The molecule has 0 unspecified atom stereocenters. The molecule has 2 rings (SSSR count). The first-order chi connectivity index (χ1) is 6.07. The summed E-state index contributed by atoms with van der Waals surface area (Å²) in [5, 5.41) is 0. The second kappa shape index (κ2) is 3.27. The van der Waals surface area contributed by atoms with Gasteiger partial charge in [-0.2, -0.15) is 0 Å². The number of rotatable bonds is 0. The molecular weight excluding hydrogens is 158 g/mol. The Morgan fingerprint density at radius 2 is 1.77 bits per heavy atom. The zero-order valence-corrected chi connectivity index (χ0v) is 9.42. The molecule has 1 nitrogen and oxygen atoms in total. The Labute approximate surface area is 82.7 Å². The van der Waals surface area contributed by atoms with E-state index >= 15 is 0 Å². The number of quaternary nitrogens is 1. The summed E-state index contributed by atoms with van der Waals surface area (Å²) in [4.78, 5) is 0. The van der Waals surface area contributed by atoms with Crippen molar-refractivity contribution in [3.05, 3.63) is 0 Å². The Hall–Kier alpha value is -0.0400. The second-order valence-corrected chi connectivity index (χ2v) is 6.07. The molecule has 1 aliphatic carbocycles. The molecule has 0 bridgehead atoms. The van der Waals surface area contributed by atoms with Gasteiger partial charge in [-0.1, -0.05) is 13.3 Å². The quantitative estimate of drug-likeness (QED) is 0.505. The number of fused-ring (bicyclic) bond motifs is 1. The molecule has 0 spiro atoms. The maximum absolute atomic E-state index is 2.44. The molecule has 1 saturated heterocycles. The van der Waals surface area contributed by atoms with Crippen LogP contribution in [0.3, 0.4) is 0 Å². The molecule has 1 aliphatic heterocycles. The van der Waals surface area contributed by atoms with E-state index in [1.165, 1.54) is 43.3 Å². The Morgan fingerprint density at radius 1 is 1.00 bits per heavy atom. The van der Waals surface area contributed by atoms with E-state index in [1.807, 2.05) is 0 Å². The van der Waals surface area contributed by atoms with Crippen molar-refractivity contribution in [2.45, 2.75) is 32.6 Å². The summed E-state index contributed by atoms with van der Waals surface area (Å²) < 4.78 is 1.27. The fourth-order valence-electron chi connectivity index (χ4n) is 3.41. The average molecular weight is 182 g/mol. The molecule has 2 aliphatic rings. The Kier molecular flexibility index (Phi) is 2.39. The highest BCUT2D eigenvalue weighted by molar-refractivity contribution is 4.80. The van der Waals surface area contributed by atoms with Crippen LogP contribution in [0.1, 0.15) is 32.6 Å². The molecule has 13 heavy (non-hydrogen) atoms. The lowest BCUT2D eigenvalue weighted by Gasteiger charge is -2.45. The van der Waals surface area contributed by atoms with Gasteiger partial charge in [-0.3, -0.25) is 0 Å². The first-order valence-corrected chi connectivity index (χ1v) is 5.89. The van der Waals surface area contributed by atoms with E-state index < -0.39 is 0 Å². The first-order valence-electron chi connectivity index (χ1n) is 5.89. The summed E-state index contributed by atoms with van der Waals surface area (Å²) in [6.07, 6.45) is 6.01. The van der Waals surface area contributed by atoms with Crippen molar-refractivity contribution in [2.24, 2.45) is 17.8 Å². The van der Waals surface area contributed by atoms with Gasteiger partial charge in [-0.15, -0.1) is 0 Å².